The lowest BCUT2D eigenvalue weighted by Gasteiger charge is -2.21. The summed E-state index contributed by atoms with van der Waals surface area (Å²) < 4.78 is 0. The first-order valence-electron chi connectivity index (χ1n) is 8.10. The molecule has 0 heterocycles. The number of hydrogen-bond acceptors (Lipinski definition) is 4. The first-order chi connectivity index (χ1) is 12.4. The van der Waals surface area contributed by atoms with Crippen LogP contribution in [-0.2, 0) is 9.59 Å². The lowest BCUT2D eigenvalue weighted by Crippen LogP contribution is -2.32. The van der Waals surface area contributed by atoms with E-state index in [2.05, 4.69) is 5.32 Å². The molecule has 6 nitrogen and oxygen atoms in total. The van der Waals surface area contributed by atoms with E-state index in [1.807, 2.05) is 6.07 Å². The second-order valence-electron chi connectivity index (χ2n) is 5.76. The van der Waals surface area contributed by atoms with Gasteiger partial charge in [0.25, 0.3) is 0 Å². The quantitative estimate of drug-likeness (QED) is 0.811. The van der Waals surface area contributed by atoms with Crippen LogP contribution in [0.15, 0.2) is 48.5 Å². The van der Waals surface area contributed by atoms with E-state index in [9.17, 15) is 14.4 Å². The highest BCUT2D eigenvalue weighted by Gasteiger charge is 2.14. The Morgan fingerprint density at radius 1 is 1.08 bits per heavy atom. The fourth-order valence-electron chi connectivity index (χ4n) is 2.44. The minimum Gasteiger partial charge on any atom is -0.326 e. The van der Waals surface area contributed by atoms with Crippen molar-refractivity contribution in [3.8, 4) is 6.07 Å². The van der Waals surface area contributed by atoms with E-state index in [0.29, 0.717) is 22.5 Å². The Morgan fingerprint density at radius 3 is 2.35 bits per heavy atom. The van der Waals surface area contributed by atoms with Crippen LogP contribution in [0, 0.1) is 11.3 Å². The third-order valence-corrected chi connectivity index (χ3v) is 3.80. The van der Waals surface area contributed by atoms with Crippen LogP contribution in [0.3, 0.4) is 0 Å². The maximum Gasteiger partial charge on any atom is 0.226 e. The minimum absolute atomic E-state index is 0.0421. The number of rotatable bonds is 6. The summed E-state index contributed by atoms with van der Waals surface area (Å²) in [5, 5.41) is 11.7. The molecule has 2 rings (SSSR count). The van der Waals surface area contributed by atoms with E-state index in [1.54, 1.807) is 48.5 Å². The van der Waals surface area contributed by atoms with E-state index in [4.69, 9.17) is 5.26 Å². The molecule has 2 amide bonds. The number of hydrogen-bond donors (Lipinski definition) is 1. The number of carbonyl (C=O) groups excluding carboxylic acids is 3. The molecule has 0 aromatic heterocycles. The van der Waals surface area contributed by atoms with Crippen LogP contribution in [0.4, 0.5) is 11.4 Å². The maximum absolute atomic E-state index is 12.1. The molecular weight excluding hydrogens is 330 g/mol. The van der Waals surface area contributed by atoms with Crippen LogP contribution in [0.25, 0.3) is 0 Å². The monoisotopic (exact) mass is 349 g/mol. The summed E-state index contributed by atoms with van der Waals surface area (Å²) in [6.45, 7) is 3.09. The van der Waals surface area contributed by atoms with Gasteiger partial charge >= 0.3 is 0 Å². The fraction of sp³-hybridized carbons (Fsp3) is 0.200. The van der Waals surface area contributed by atoms with Crippen molar-refractivity contribution in [3.63, 3.8) is 0 Å². The molecular formula is C20H19N3O3. The van der Waals surface area contributed by atoms with Crippen molar-refractivity contribution >= 4 is 29.0 Å². The highest BCUT2D eigenvalue weighted by Crippen LogP contribution is 2.17. The highest BCUT2D eigenvalue weighted by molar-refractivity contribution is 5.96. The van der Waals surface area contributed by atoms with Crippen molar-refractivity contribution in [2.75, 3.05) is 16.8 Å². The SMILES string of the molecule is CC(=O)c1ccc(NC(=O)CCN(C(C)=O)c2cccc(C#N)c2)cc1. The topological polar surface area (TPSA) is 90.3 Å². The van der Waals surface area contributed by atoms with Gasteiger partial charge in [0.15, 0.2) is 5.78 Å². The molecule has 2 aromatic carbocycles. The Labute approximate surface area is 152 Å². The molecule has 0 saturated heterocycles. The van der Waals surface area contributed by atoms with E-state index in [-0.39, 0.29) is 30.6 Å². The third kappa shape index (κ3) is 5.02. The Morgan fingerprint density at radius 2 is 1.77 bits per heavy atom. The molecule has 0 spiro atoms. The molecule has 26 heavy (non-hydrogen) atoms. The van der Waals surface area contributed by atoms with Gasteiger partial charge in [-0.1, -0.05) is 6.07 Å². The van der Waals surface area contributed by atoms with Crippen LogP contribution >= 0.6 is 0 Å². The van der Waals surface area contributed by atoms with Crippen LogP contribution in [0.5, 0.6) is 0 Å². The summed E-state index contributed by atoms with van der Waals surface area (Å²) in [5.41, 5.74) is 2.18. The minimum atomic E-state index is -0.247. The number of benzene rings is 2. The molecule has 132 valence electrons. The van der Waals surface area contributed by atoms with Crippen LogP contribution in [0.1, 0.15) is 36.2 Å². The van der Waals surface area contributed by atoms with E-state index < -0.39 is 0 Å². The van der Waals surface area contributed by atoms with Gasteiger partial charge in [-0.15, -0.1) is 0 Å². The largest absolute Gasteiger partial charge is 0.326 e. The lowest BCUT2D eigenvalue weighted by atomic mass is 10.1. The summed E-state index contributed by atoms with van der Waals surface area (Å²) in [6.07, 6.45) is 0.102. The second kappa shape index (κ2) is 8.58. The molecule has 0 bridgehead atoms. The number of carbonyl (C=O) groups is 3. The zero-order valence-corrected chi connectivity index (χ0v) is 14.7. The molecule has 6 heteroatoms. The summed E-state index contributed by atoms with van der Waals surface area (Å²) in [4.78, 5) is 36.8. The van der Waals surface area contributed by atoms with Gasteiger partial charge in [-0.3, -0.25) is 14.4 Å². The van der Waals surface area contributed by atoms with Gasteiger partial charge in [0.1, 0.15) is 0 Å². The number of nitrogens with one attached hydrogen (secondary N) is 1. The van der Waals surface area contributed by atoms with Crippen molar-refractivity contribution in [2.24, 2.45) is 0 Å². The average Bonchev–Trinajstić information content (AvgIpc) is 2.62. The van der Waals surface area contributed by atoms with Crippen molar-refractivity contribution in [3.05, 3.63) is 59.7 Å². The number of Topliss-reactive ketones (excluding diaryl/α,β-unsaturated/α-hetero) is 1. The standard InChI is InChI=1S/C20H19N3O3/c1-14(24)17-6-8-18(9-7-17)22-20(26)10-11-23(15(2)25)19-5-3-4-16(12-19)13-21/h3-9,12H,10-11H2,1-2H3,(H,22,26). The van der Waals surface area contributed by atoms with Crippen molar-refractivity contribution in [1.82, 2.24) is 0 Å². The van der Waals surface area contributed by atoms with Gasteiger partial charge in [0.2, 0.25) is 11.8 Å². The zero-order valence-electron chi connectivity index (χ0n) is 14.7. The molecule has 0 radical (unpaired) electrons. The average molecular weight is 349 g/mol. The number of anilines is 2. The third-order valence-electron chi connectivity index (χ3n) is 3.80. The van der Waals surface area contributed by atoms with E-state index >= 15 is 0 Å². The molecule has 2 aromatic rings. The van der Waals surface area contributed by atoms with Crippen molar-refractivity contribution in [2.45, 2.75) is 20.3 Å². The van der Waals surface area contributed by atoms with Gasteiger partial charge in [-0.25, -0.2) is 0 Å². The molecule has 0 fully saturated rings. The van der Waals surface area contributed by atoms with Crippen LogP contribution in [0.2, 0.25) is 0 Å². The van der Waals surface area contributed by atoms with E-state index in [1.165, 1.54) is 18.7 Å². The van der Waals surface area contributed by atoms with Gasteiger partial charge in [0.05, 0.1) is 11.6 Å². The van der Waals surface area contributed by atoms with Gasteiger partial charge in [-0.2, -0.15) is 5.26 Å². The summed E-state index contributed by atoms with van der Waals surface area (Å²) in [5.74, 6) is -0.499. The molecule has 0 saturated carbocycles. The summed E-state index contributed by atoms with van der Waals surface area (Å²) >= 11 is 0. The summed E-state index contributed by atoms with van der Waals surface area (Å²) in [7, 11) is 0. The number of amides is 2. The van der Waals surface area contributed by atoms with Crippen LogP contribution < -0.4 is 10.2 Å². The zero-order chi connectivity index (χ0) is 19.1. The second-order valence-corrected chi connectivity index (χ2v) is 5.76. The van der Waals surface area contributed by atoms with Gasteiger partial charge in [0, 0.05) is 36.8 Å². The molecule has 0 aliphatic rings. The number of nitriles is 1. The molecule has 1 N–H and O–H groups in total. The lowest BCUT2D eigenvalue weighted by molar-refractivity contribution is -0.117. The summed E-state index contributed by atoms with van der Waals surface area (Å²) in [6, 6.07) is 15.3. The maximum atomic E-state index is 12.1. The molecule has 0 atom stereocenters. The van der Waals surface area contributed by atoms with Gasteiger partial charge in [-0.05, 0) is 49.4 Å². The molecule has 0 unspecified atom stereocenters. The normalized spacial score (nSPS) is 9.88. The van der Waals surface area contributed by atoms with E-state index in [0.717, 1.165) is 0 Å². The molecule has 0 aliphatic carbocycles. The molecule has 0 aliphatic heterocycles. The number of nitrogens with zero attached hydrogens (tertiary/aromatic N) is 2. The smallest absolute Gasteiger partial charge is 0.226 e. The fourth-order valence-corrected chi connectivity index (χ4v) is 2.44. The Hall–Kier alpha value is -3.46. The Balaban J connectivity index is 2.00. The van der Waals surface area contributed by atoms with Crippen molar-refractivity contribution < 1.29 is 14.4 Å². The Kier molecular flexibility index (Phi) is 6.23. The predicted octanol–water partition coefficient (Wildman–Crippen LogP) is 3.14. The first-order valence-corrected chi connectivity index (χ1v) is 8.10. The predicted molar refractivity (Wildman–Crippen MR) is 98.9 cm³/mol. The van der Waals surface area contributed by atoms with Crippen LogP contribution in [-0.4, -0.2) is 24.1 Å². The first kappa shape index (κ1) is 18.9. The highest BCUT2D eigenvalue weighted by atomic mass is 16.2. The number of ketones is 1. The van der Waals surface area contributed by atoms with Crippen molar-refractivity contribution in [1.29, 1.82) is 5.26 Å². The Bertz CT molecular complexity index is 867. The van der Waals surface area contributed by atoms with Gasteiger partial charge < -0.3 is 10.2 Å².